The fourth-order valence-electron chi connectivity index (χ4n) is 4.83. The number of nitrogens with two attached hydrogens (primary N) is 1. The number of hydrogen-bond donors (Lipinski definition) is 2. The Morgan fingerprint density at radius 2 is 1.70 bits per heavy atom. The van der Waals surface area contributed by atoms with Crippen LogP contribution in [0.4, 0.5) is 19.1 Å². The first-order valence-electron chi connectivity index (χ1n) is 13.1. The number of benzene rings is 2. The molecule has 0 radical (unpaired) electrons. The number of rotatable bonds is 8. The van der Waals surface area contributed by atoms with Gasteiger partial charge in [-0.3, -0.25) is 18.7 Å². The predicted octanol–water partition coefficient (Wildman–Crippen LogP) is 1.74. The van der Waals surface area contributed by atoms with Crippen LogP contribution >= 0.6 is 11.6 Å². The lowest BCUT2D eigenvalue weighted by molar-refractivity contribution is -0.209. The molecule has 1 atom stereocenters. The minimum atomic E-state index is -5.51. The van der Waals surface area contributed by atoms with Crippen molar-refractivity contribution in [1.82, 2.24) is 24.0 Å². The first-order chi connectivity index (χ1) is 20.5. The van der Waals surface area contributed by atoms with Crippen molar-refractivity contribution in [2.45, 2.75) is 25.4 Å². The number of carbonyl (C=O) groups is 2. The van der Waals surface area contributed by atoms with Crippen molar-refractivity contribution < 1.29 is 27.5 Å². The maximum absolute atomic E-state index is 14.1. The molecule has 12 nitrogen and oxygen atoms in total. The number of fused-ring (bicyclic) bond motifs is 1. The summed E-state index contributed by atoms with van der Waals surface area (Å²) in [4.78, 5) is 58.6. The van der Waals surface area contributed by atoms with Crippen molar-refractivity contribution >= 4 is 40.6 Å². The van der Waals surface area contributed by atoms with E-state index >= 15 is 0 Å². The highest BCUT2D eigenvalue weighted by Crippen LogP contribution is 2.31. The Bertz CT molecular complexity index is 1800. The highest BCUT2D eigenvalue weighted by molar-refractivity contribution is 6.32. The van der Waals surface area contributed by atoms with Crippen molar-refractivity contribution in [2.75, 3.05) is 31.1 Å². The summed E-state index contributed by atoms with van der Waals surface area (Å²) in [5.41, 5.74) is 3.51. The number of aromatic nitrogens is 4. The monoisotopic (exact) mass is 619 g/mol. The number of anilines is 1. The van der Waals surface area contributed by atoms with E-state index in [4.69, 9.17) is 17.3 Å². The van der Waals surface area contributed by atoms with Gasteiger partial charge in [-0.05, 0) is 24.1 Å². The van der Waals surface area contributed by atoms with Gasteiger partial charge in [-0.15, -0.1) is 0 Å². The van der Waals surface area contributed by atoms with Gasteiger partial charge >= 0.3 is 17.8 Å². The van der Waals surface area contributed by atoms with Gasteiger partial charge in [0.05, 0.1) is 10.7 Å². The average molecular weight is 620 g/mol. The van der Waals surface area contributed by atoms with Crippen LogP contribution in [0.1, 0.15) is 11.8 Å². The molecular formula is C27H25ClF3N7O5. The van der Waals surface area contributed by atoms with Crippen LogP contribution in [-0.2, 0) is 27.3 Å². The Morgan fingerprint density at radius 3 is 2.33 bits per heavy atom. The summed E-state index contributed by atoms with van der Waals surface area (Å²) >= 11 is 6.54. The third kappa shape index (κ3) is 5.85. The first kappa shape index (κ1) is 29.8. The van der Waals surface area contributed by atoms with Crippen LogP contribution in [0.5, 0.6) is 0 Å². The van der Waals surface area contributed by atoms with Crippen LogP contribution in [0.2, 0.25) is 5.02 Å². The van der Waals surface area contributed by atoms with Crippen LogP contribution in [0.3, 0.4) is 0 Å². The maximum Gasteiger partial charge on any atom is 0.491 e. The number of para-hydroxylation sites is 1. The zero-order valence-electron chi connectivity index (χ0n) is 22.4. The van der Waals surface area contributed by atoms with Crippen LogP contribution < -0.4 is 27.2 Å². The molecule has 0 saturated carbocycles. The molecule has 1 saturated heterocycles. The number of nitrogens with zero attached hydrogens (tertiary/aromatic N) is 5. The zero-order valence-corrected chi connectivity index (χ0v) is 23.1. The minimum Gasteiger partial charge on any atom is -0.425 e. The summed E-state index contributed by atoms with van der Waals surface area (Å²) in [6, 6.07) is 15.3. The lowest BCUT2D eigenvalue weighted by Gasteiger charge is -2.28. The third-order valence-electron chi connectivity index (χ3n) is 6.84. The van der Waals surface area contributed by atoms with Crippen molar-refractivity contribution in [3.63, 3.8) is 0 Å². The van der Waals surface area contributed by atoms with E-state index in [1.807, 2.05) is 0 Å². The number of carbonyl (C=O) groups excluding carboxylic acids is 2. The molecule has 16 heteroatoms. The fourth-order valence-corrected chi connectivity index (χ4v) is 5.05. The molecule has 226 valence electrons. The molecule has 1 fully saturated rings. The van der Waals surface area contributed by atoms with Crippen LogP contribution in [-0.4, -0.2) is 62.9 Å². The van der Waals surface area contributed by atoms with Gasteiger partial charge in [0.2, 0.25) is 5.95 Å². The summed E-state index contributed by atoms with van der Waals surface area (Å²) in [6.07, 6.45) is -7.94. The van der Waals surface area contributed by atoms with E-state index in [2.05, 4.69) is 15.0 Å². The number of imidazole rings is 1. The van der Waals surface area contributed by atoms with Gasteiger partial charge in [0.1, 0.15) is 0 Å². The molecular weight excluding hydrogens is 595 g/mol. The van der Waals surface area contributed by atoms with Gasteiger partial charge < -0.3 is 20.7 Å². The number of piperazine rings is 1. The molecule has 2 aromatic heterocycles. The molecule has 0 bridgehead atoms. The number of ether oxygens (including phenoxy) is 1. The molecule has 4 aromatic rings. The molecule has 0 aliphatic carbocycles. The van der Waals surface area contributed by atoms with Gasteiger partial charge in [-0.25, -0.2) is 14.2 Å². The number of amides is 1. The normalized spacial score (nSPS) is 14.6. The topological polar surface area (TPSA) is 146 Å². The summed E-state index contributed by atoms with van der Waals surface area (Å²) in [7, 11) is 0. The molecule has 1 aliphatic rings. The number of hydrogen-bond acceptors (Lipinski definition) is 8. The smallest absolute Gasteiger partial charge is 0.425 e. The Labute approximate surface area is 246 Å². The summed E-state index contributed by atoms with van der Waals surface area (Å²) in [5.74, 6) is -4.22. The average Bonchev–Trinajstić information content (AvgIpc) is 3.37. The van der Waals surface area contributed by atoms with Gasteiger partial charge in [-0.2, -0.15) is 18.2 Å². The van der Waals surface area contributed by atoms with Crippen LogP contribution in [0, 0.1) is 0 Å². The number of nitrogens with one attached hydrogen (secondary N) is 1. The van der Waals surface area contributed by atoms with Gasteiger partial charge in [0.15, 0.2) is 11.2 Å². The third-order valence-corrected chi connectivity index (χ3v) is 7.16. The number of esters is 1. The molecule has 5 rings (SSSR count). The standard InChI is InChI=1S/C27H25ClF3N7O5/c28-17-8-4-5-9-18(17)37-19-21(34-25(37)35-14-11-33-12-15-35)38(23(20(32)39)43-24(41)27(29,30)31)26(42)36(22(19)40)13-10-16-6-2-1-3-7-16/h1-9,23,33H,10-15H2,(H2,32,39). The molecule has 0 spiro atoms. The quantitative estimate of drug-likeness (QED) is 0.284. The number of aryl methyl sites for hydroxylation is 1. The van der Waals surface area contributed by atoms with Crippen molar-refractivity contribution in [1.29, 1.82) is 0 Å². The van der Waals surface area contributed by atoms with Gasteiger partial charge in [-0.1, -0.05) is 54.1 Å². The predicted molar refractivity (Wildman–Crippen MR) is 150 cm³/mol. The number of primary amides is 1. The molecule has 3 heterocycles. The lowest BCUT2D eigenvalue weighted by Crippen LogP contribution is -2.46. The molecule has 1 aliphatic heterocycles. The summed E-state index contributed by atoms with van der Waals surface area (Å²) in [6.45, 7) is 1.64. The van der Waals surface area contributed by atoms with E-state index in [1.165, 1.54) is 4.57 Å². The summed E-state index contributed by atoms with van der Waals surface area (Å²) < 4.78 is 46.6. The maximum atomic E-state index is 14.1. The zero-order chi connectivity index (χ0) is 30.9. The van der Waals surface area contributed by atoms with Crippen molar-refractivity contribution in [3.8, 4) is 5.69 Å². The number of halogens is 4. The Balaban J connectivity index is 1.84. The molecule has 1 amide bonds. The van der Waals surface area contributed by atoms with E-state index in [0.29, 0.717) is 30.7 Å². The van der Waals surface area contributed by atoms with E-state index in [-0.39, 0.29) is 35.1 Å². The second-order valence-electron chi connectivity index (χ2n) is 9.61. The molecule has 1 unspecified atom stereocenters. The lowest BCUT2D eigenvalue weighted by atomic mass is 10.1. The summed E-state index contributed by atoms with van der Waals surface area (Å²) in [5, 5.41) is 3.38. The van der Waals surface area contributed by atoms with E-state index in [9.17, 15) is 32.3 Å². The largest absolute Gasteiger partial charge is 0.491 e. The van der Waals surface area contributed by atoms with Gasteiger partial charge in [0, 0.05) is 32.7 Å². The Morgan fingerprint density at radius 1 is 1.05 bits per heavy atom. The number of alkyl halides is 3. The highest BCUT2D eigenvalue weighted by atomic mass is 35.5. The SMILES string of the molecule is NC(=O)C(OC(=O)C(F)(F)F)n1c(=O)n(CCc2ccccc2)c(=O)c2c1nc(N1CCNCC1)n2-c1ccccc1Cl. The van der Waals surface area contributed by atoms with Crippen molar-refractivity contribution in [3.05, 3.63) is 86.0 Å². The molecule has 2 aromatic carbocycles. The fraction of sp³-hybridized carbons (Fsp3) is 0.296. The van der Waals surface area contributed by atoms with E-state index < -0.39 is 41.2 Å². The Kier molecular flexibility index (Phi) is 8.28. The molecule has 3 N–H and O–H groups in total. The Hall–Kier alpha value is -4.63. The molecule has 43 heavy (non-hydrogen) atoms. The second kappa shape index (κ2) is 11.9. The van der Waals surface area contributed by atoms with E-state index in [1.54, 1.807) is 59.5 Å². The van der Waals surface area contributed by atoms with Crippen LogP contribution in [0.25, 0.3) is 16.9 Å². The highest BCUT2D eigenvalue weighted by Gasteiger charge is 2.44. The second-order valence-corrected chi connectivity index (χ2v) is 10.0. The first-order valence-corrected chi connectivity index (χ1v) is 13.5. The minimum absolute atomic E-state index is 0.126. The van der Waals surface area contributed by atoms with Crippen molar-refractivity contribution in [2.24, 2.45) is 5.73 Å². The van der Waals surface area contributed by atoms with Gasteiger partial charge in [0.25, 0.3) is 17.7 Å². The van der Waals surface area contributed by atoms with Crippen LogP contribution in [0.15, 0.2) is 64.2 Å². The van der Waals surface area contributed by atoms with E-state index in [0.717, 1.165) is 10.1 Å².